The van der Waals surface area contributed by atoms with Crippen LogP contribution in [0.2, 0.25) is 19.6 Å². The van der Waals surface area contributed by atoms with Crippen LogP contribution in [0.3, 0.4) is 0 Å². The summed E-state index contributed by atoms with van der Waals surface area (Å²) in [5.41, 5.74) is 16.1. The van der Waals surface area contributed by atoms with E-state index in [2.05, 4.69) is 220 Å². The lowest BCUT2D eigenvalue weighted by Crippen LogP contribution is -2.37. The van der Waals surface area contributed by atoms with Gasteiger partial charge in [0, 0.05) is 49.7 Å². The zero-order chi connectivity index (χ0) is 43.5. The van der Waals surface area contributed by atoms with E-state index < -0.39 is 8.07 Å². The Balaban J connectivity index is 0.992. The number of hydrogen-bond acceptors (Lipinski definition) is 4. The quantitative estimate of drug-likeness (QED) is 0.150. The fraction of sp³-hybridized carbons (Fsp3) is 0.119. The fourth-order valence-corrected chi connectivity index (χ4v) is 11.4. The van der Waals surface area contributed by atoms with Crippen molar-refractivity contribution in [1.29, 1.82) is 0 Å². The molecular weight excluding hydrogens is 797 g/mol. The minimum atomic E-state index is -1.51. The molecule has 310 valence electrons. The van der Waals surface area contributed by atoms with E-state index >= 15 is 0 Å². The van der Waals surface area contributed by atoms with Gasteiger partial charge in [-0.1, -0.05) is 141 Å². The first-order valence-electron chi connectivity index (χ1n) is 22.3. The second-order valence-electron chi connectivity index (χ2n) is 19.1. The first-order chi connectivity index (χ1) is 31.0. The van der Waals surface area contributed by atoms with Crippen molar-refractivity contribution < 1.29 is 8.83 Å². The van der Waals surface area contributed by atoms with E-state index in [1.54, 1.807) is 0 Å². The molecule has 12 rings (SSSR count). The van der Waals surface area contributed by atoms with Gasteiger partial charge < -0.3 is 18.6 Å². The number of rotatable bonds is 7. The second kappa shape index (κ2) is 14.1. The molecule has 0 radical (unpaired) electrons. The van der Waals surface area contributed by atoms with Crippen molar-refractivity contribution in [2.24, 2.45) is 0 Å². The standard InChI is InChI=1S/C59H48N2O2Si/c1-37-21-24-40(25-22-37)60(53-17-11-15-48-46-13-7-9-19-55(46)62-57(48)53)42-26-23-38-34-50-45-32-29-43(36-52(45)59(2,3)51(50)35-39(38)33-42)61(41-27-30-44(31-28-41)64(4,5)6)54-18-12-16-49-47-14-8-10-20-56(47)63-58(49)54/h7-36H,1-6H3. The summed E-state index contributed by atoms with van der Waals surface area (Å²) in [5.74, 6) is 0. The molecule has 2 aromatic heterocycles. The van der Waals surface area contributed by atoms with E-state index in [0.29, 0.717) is 0 Å². The van der Waals surface area contributed by atoms with Crippen LogP contribution in [0.4, 0.5) is 34.1 Å². The molecule has 0 bridgehead atoms. The van der Waals surface area contributed by atoms with Gasteiger partial charge in [-0.3, -0.25) is 0 Å². The summed E-state index contributed by atoms with van der Waals surface area (Å²) in [7, 11) is -1.51. The molecule has 0 aliphatic heterocycles. The molecule has 1 aliphatic carbocycles. The van der Waals surface area contributed by atoms with Gasteiger partial charge in [-0.05, 0) is 125 Å². The first kappa shape index (κ1) is 38.3. The van der Waals surface area contributed by atoms with Gasteiger partial charge in [-0.15, -0.1) is 0 Å². The normalized spacial score (nSPS) is 13.3. The number of fused-ring (bicyclic) bond motifs is 10. The van der Waals surface area contributed by atoms with Gasteiger partial charge in [0.25, 0.3) is 0 Å². The molecule has 5 heteroatoms. The van der Waals surface area contributed by atoms with Crippen LogP contribution in [0.5, 0.6) is 0 Å². The molecule has 0 unspecified atom stereocenters. The lowest BCUT2D eigenvalue weighted by Gasteiger charge is -2.29. The third-order valence-corrected chi connectivity index (χ3v) is 15.7. The Kier molecular flexibility index (Phi) is 8.44. The average molecular weight is 845 g/mol. The number of nitrogens with zero attached hydrogens (tertiary/aromatic N) is 2. The van der Waals surface area contributed by atoms with Gasteiger partial charge >= 0.3 is 0 Å². The largest absolute Gasteiger partial charge is 0.454 e. The summed E-state index contributed by atoms with van der Waals surface area (Å²) >= 11 is 0. The highest BCUT2D eigenvalue weighted by molar-refractivity contribution is 6.88. The van der Waals surface area contributed by atoms with Crippen LogP contribution in [0.25, 0.3) is 65.8 Å². The Hall–Kier alpha value is -7.34. The predicted octanol–water partition coefficient (Wildman–Crippen LogP) is 16.7. The zero-order valence-corrected chi connectivity index (χ0v) is 38.0. The van der Waals surface area contributed by atoms with Gasteiger partial charge in [0.05, 0.1) is 19.4 Å². The highest BCUT2D eigenvalue weighted by Gasteiger charge is 2.37. The lowest BCUT2D eigenvalue weighted by molar-refractivity contribution is 0.661. The number of hydrogen-bond donors (Lipinski definition) is 0. The van der Waals surface area contributed by atoms with Crippen molar-refractivity contribution >= 4 is 102 Å². The minimum Gasteiger partial charge on any atom is -0.454 e. The second-order valence-corrected chi connectivity index (χ2v) is 24.2. The predicted molar refractivity (Wildman–Crippen MR) is 273 cm³/mol. The van der Waals surface area contributed by atoms with Gasteiger partial charge in [-0.25, -0.2) is 0 Å². The SMILES string of the molecule is Cc1ccc(N(c2ccc3cc4c(cc3c2)C(C)(C)c2cc(N(c3ccc([Si](C)(C)C)cc3)c3cccc5c3oc3ccccc35)ccc2-4)c2cccc3c2oc2ccccc23)cc1. The summed E-state index contributed by atoms with van der Waals surface area (Å²) < 4.78 is 13.3. The van der Waals surface area contributed by atoms with Crippen molar-refractivity contribution in [2.45, 2.75) is 45.8 Å². The Morgan fingerprint density at radius 1 is 0.422 bits per heavy atom. The van der Waals surface area contributed by atoms with Crippen LogP contribution in [-0.2, 0) is 5.41 Å². The summed E-state index contributed by atoms with van der Waals surface area (Å²) in [6, 6.07) is 66.5. The van der Waals surface area contributed by atoms with E-state index in [0.717, 1.165) is 78.0 Å². The smallest absolute Gasteiger partial charge is 0.159 e. The molecule has 0 saturated carbocycles. The third kappa shape index (κ3) is 5.95. The van der Waals surface area contributed by atoms with Crippen LogP contribution in [0.15, 0.2) is 191 Å². The molecule has 9 aromatic carbocycles. The van der Waals surface area contributed by atoms with Crippen LogP contribution in [-0.4, -0.2) is 8.07 Å². The van der Waals surface area contributed by atoms with E-state index in [1.165, 1.54) is 43.8 Å². The van der Waals surface area contributed by atoms with Crippen molar-refractivity contribution in [3.63, 3.8) is 0 Å². The third-order valence-electron chi connectivity index (χ3n) is 13.6. The Morgan fingerprint density at radius 3 is 1.52 bits per heavy atom. The first-order valence-corrected chi connectivity index (χ1v) is 25.8. The fourth-order valence-electron chi connectivity index (χ4n) is 10.2. The van der Waals surface area contributed by atoms with Gasteiger partial charge in [0.2, 0.25) is 0 Å². The van der Waals surface area contributed by atoms with Crippen LogP contribution >= 0.6 is 0 Å². The monoisotopic (exact) mass is 844 g/mol. The number of benzene rings is 9. The average Bonchev–Trinajstić information content (AvgIpc) is 3.95. The van der Waals surface area contributed by atoms with E-state index in [-0.39, 0.29) is 5.41 Å². The number of furan rings is 2. The molecule has 4 nitrogen and oxygen atoms in total. The Labute approximate surface area is 374 Å². The van der Waals surface area contributed by atoms with Crippen molar-refractivity contribution in [3.05, 3.63) is 199 Å². The Bertz CT molecular complexity index is 3640. The van der Waals surface area contributed by atoms with E-state index in [1.807, 2.05) is 12.1 Å². The van der Waals surface area contributed by atoms with Crippen LogP contribution < -0.4 is 15.0 Å². The zero-order valence-electron chi connectivity index (χ0n) is 37.0. The topological polar surface area (TPSA) is 32.8 Å². The molecule has 0 amide bonds. The van der Waals surface area contributed by atoms with Crippen molar-refractivity contribution in [3.8, 4) is 11.1 Å². The van der Waals surface area contributed by atoms with E-state index in [4.69, 9.17) is 8.83 Å². The van der Waals surface area contributed by atoms with Crippen LogP contribution in [0, 0.1) is 6.92 Å². The Morgan fingerprint density at radius 2 is 0.922 bits per heavy atom. The summed E-state index contributed by atoms with van der Waals surface area (Å²) in [6.07, 6.45) is 0. The number of anilines is 6. The van der Waals surface area contributed by atoms with Gasteiger partial charge in [-0.2, -0.15) is 0 Å². The lowest BCUT2D eigenvalue weighted by atomic mass is 9.81. The van der Waals surface area contributed by atoms with Gasteiger partial charge in [0.15, 0.2) is 11.2 Å². The van der Waals surface area contributed by atoms with Gasteiger partial charge in [0.1, 0.15) is 11.2 Å². The molecule has 0 atom stereocenters. The molecular formula is C59H48N2O2Si. The van der Waals surface area contributed by atoms with E-state index in [9.17, 15) is 0 Å². The maximum atomic E-state index is 6.69. The minimum absolute atomic E-state index is 0.264. The van der Waals surface area contributed by atoms with Crippen LogP contribution in [0.1, 0.15) is 30.5 Å². The number of para-hydroxylation sites is 4. The molecule has 0 fully saturated rings. The summed E-state index contributed by atoms with van der Waals surface area (Å²) in [5, 5.41) is 8.33. The maximum Gasteiger partial charge on any atom is 0.159 e. The highest BCUT2D eigenvalue weighted by atomic mass is 28.3. The summed E-state index contributed by atoms with van der Waals surface area (Å²) in [6.45, 7) is 14.1. The molecule has 0 saturated heterocycles. The molecule has 64 heavy (non-hydrogen) atoms. The number of aryl methyl sites for hydroxylation is 1. The van der Waals surface area contributed by atoms with Crippen molar-refractivity contribution in [2.75, 3.05) is 9.80 Å². The molecule has 11 aromatic rings. The molecule has 0 N–H and O–H groups in total. The molecule has 2 heterocycles. The molecule has 0 spiro atoms. The van der Waals surface area contributed by atoms with Crippen molar-refractivity contribution in [1.82, 2.24) is 0 Å². The molecule has 1 aliphatic rings. The summed E-state index contributed by atoms with van der Waals surface area (Å²) in [4.78, 5) is 4.74. The maximum absolute atomic E-state index is 6.69. The highest BCUT2D eigenvalue weighted by Crippen LogP contribution is 2.53.